The molecule has 9 nitrogen and oxygen atoms in total. The number of likely N-dealkylation sites (tertiary alicyclic amines) is 1. The summed E-state index contributed by atoms with van der Waals surface area (Å²) in [6, 6.07) is 0.660. The van der Waals surface area contributed by atoms with Crippen molar-refractivity contribution < 1.29 is 19.8 Å². The van der Waals surface area contributed by atoms with Gasteiger partial charge >= 0.3 is 5.97 Å². The molecule has 10 heteroatoms. The van der Waals surface area contributed by atoms with Crippen LogP contribution in [0.3, 0.4) is 0 Å². The van der Waals surface area contributed by atoms with E-state index in [1.165, 1.54) is 27.2 Å². The van der Waals surface area contributed by atoms with Crippen LogP contribution in [0.25, 0.3) is 5.69 Å². The maximum absolute atomic E-state index is 12.6. The highest BCUT2D eigenvalue weighted by atomic mass is 32.1. The summed E-state index contributed by atoms with van der Waals surface area (Å²) in [5, 5.41) is 31.2. The van der Waals surface area contributed by atoms with E-state index in [9.17, 15) is 14.7 Å². The molecular formula is C11H11N5O4S. The number of amides is 1. The summed E-state index contributed by atoms with van der Waals surface area (Å²) in [5.41, 5.74) is 0.487. The first-order chi connectivity index (χ1) is 10.1. The molecule has 21 heavy (non-hydrogen) atoms. The van der Waals surface area contributed by atoms with Gasteiger partial charge in [0.1, 0.15) is 17.2 Å². The van der Waals surface area contributed by atoms with Gasteiger partial charge in [0.25, 0.3) is 5.91 Å². The van der Waals surface area contributed by atoms with E-state index in [1.54, 1.807) is 11.4 Å². The fourth-order valence-corrected chi connectivity index (χ4v) is 3.15. The highest BCUT2D eigenvalue weighted by Gasteiger charge is 2.40. The number of β-amino-alcohol motifs (C(OH)–C–C–N with tert-alkyl or cyclic N) is 1. The molecule has 110 valence electrons. The number of carbonyl (C=O) groups is 2. The molecule has 0 aromatic carbocycles. The SMILES string of the molecule is O=C(O)C1CC(O)CN1C(=O)c1sccc1-n1cnnn1. The lowest BCUT2D eigenvalue weighted by Gasteiger charge is -2.20. The van der Waals surface area contributed by atoms with Gasteiger partial charge in [-0.2, -0.15) is 4.68 Å². The number of carboxylic acid groups (broad SMARTS) is 1. The van der Waals surface area contributed by atoms with Crippen LogP contribution in [0.4, 0.5) is 0 Å². The van der Waals surface area contributed by atoms with Gasteiger partial charge in [0.05, 0.1) is 11.8 Å². The van der Waals surface area contributed by atoms with E-state index in [-0.39, 0.29) is 13.0 Å². The van der Waals surface area contributed by atoms with Crippen molar-refractivity contribution in [2.45, 2.75) is 18.6 Å². The van der Waals surface area contributed by atoms with Crippen LogP contribution < -0.4 is 0 Å². The first kappa shape index (κ1) is 13.6. The second kappa shape index (κ2) is 5.22. The predicted molar refractivity (Wildman–Crippen MR) is 70.1 cm³/mol. The Bertz CT molecular complexity index is 670. The molecule has 1 aliphatic heterocycles. The highest BCUT2D eigenvalue weighted by Crippen LogP contribution is 2.26. The number of aromatic nitrogens is 4. The topological polar surface area (TPSA) is 121 Å². The molecule has 0 aliphatic carbocycles. The van der Waals surface area contributed by atoms with Crippen LogP contribution in [0.5, 0.6) is 0 Å². The minimum absolute atomic E-state index is 0.00273. The largest absolute Gasteiger partial charge is 0.480 e. The average molecular weight is 309 g/mol. The van der Waals surface area contributed by atoms with Crippen molar-refractivity contribution in [1.29, 1.82) is 0 Å². The lowest BCUT2D eigenvalue weighted by molar-refractivity contribution is -0.141. The molecule has 2 aromatic heterocycles. The van der Waals surface area contributed by atoms with Gasteiger partial charge < -0.3 is 15.1 Å². The summed E-state index contributed by atoms with van der Waals surface area (Å²) < 4.78 is 1.34. The van der Waals surface area contributed by atoms with Crippen LogP contribution in [0.2, 0.25) is 0 Å². The second-order valence-corrected chi connectivity index (χ2v) is 5.51. The Labute approximate surface area is 122 Å². The van der Waals surface area contributed by atoms with Crippen LogP contribution in [0.15, 0.2) is 17.8 Å². The average Bonchev–Trinajstić information content (AvgIpc) is 3.17. The molecule has 1 fully saturated rings. The smallest absolute Gasteiger partial charge is 0.326 e. The number of carbonyl (C=O) groups excluding carboxylic acids is 1. The monoisotopic (exact) mass is 309 g/mol. The molecule has 2 atom stereocenters. The molecule has 0 radical (unpaired) electrons. The lowest BCUT2D eigenvalue weighted by Crippen LogP contribution is -2.40. The predicted octanol–water partition coefficient (Wildman–Crippen LogP) is -0.616. The summed E-state index contributed by atoms with van der Waals surface area (Å²) in [4.78, 5) is 25.3. The third kappa shape index (κ3) is 2.38. The number of rotatable bonds is 3. The van der Waals surface area contributed by atoms with Crippen LogP contribution in [0, 0.1) is 0 Å². The Morgan fingerprint density at radius 3 is 2.90 bits per heavy atom. The molecule has 2 N–H and O–H groups in total. The maximum Gasteiger partial charge on any atom is 0.326 e. The number of aliphatic carboxylic acids is 1. The third-order valence-electron chi connectivity index (χ3n) is 3.26. The van der Waals surface area contributed by atoms with Gasteiger partial charge in [-0.15, -0.1) is 16.4 Å². The third-order valence-corrected chi connectivity index (χ3v) is 4.15. The molecule has 1 saturated heterocycles. The molecule has 3 heterocycles. The van der Waals surface area contributed by atoms with Crippen LogP contribution >= 0.6 is 11.3 Å². The van der Waals surface area contributed by atoms with Crippen LogP contribution in [-0.2, 0) is 4.79 Å². The van der Waals surface area contributed by atoms with Gasteiger partial charge in [0, 0.05) is 13.0 Å². The summed E-state index contributed by atoms with van der Waals surface area (Å²) >= 11 is 1.18. The molecule has 3 rings (SSSR count). The van der Waals surface area contributed by atoms with Crippen molar-refractivity contribution in [3.8, 4) is 5.69 Å². The number of carboxylic acids is 1. The Kier molecular flexibility index (Phi) is 3.39. The number of hydrogen-bond acceptors (Lipinski definition) is 7. The fraction of sp³-hybridized carbons (Fsp3) is 0.364. The van der Waals surface area contributed by atoms with E-state index in [0.29, 0.717) is 10.6 Å². The van der Waals surface area contributed by atoms with E-state index in [1.807, 2.05) is 0 Å². The van der Waals surface area contributed by atoms with Crippen molar-refractivity contribution in [2.24, 2.45) is 0 Å². The number of thiophene rings is 1. The van der Waals surface area contributed by atoms with Gasteiger partial charge in [0.15, 0.2) is 0 Å². The summed E-state index contributed by atoms with van der Waals surface area (Å²) in [7, 11) is 0. The molecule has 2 unspecified atom stereocenters. The molecule has 1 amide bonds. The minimum atomic E-state index is -1.12. The first-order valence-electron chi connectivity index (χ1n) is 6.10. The molecule has 0 bridgehead atoms. The summed E-state index contributed by atoms with van der Waals surface area (Å²) in [6.07, 6.45) is 0.561. The zero-order valence-electron chi connectivity index (χ0n) is 10.7. The van der Waals surface area contributed by atoms with E-state index in [4.69, 9.17) is 5.11 Å². The minimum Gasteiger partial charge on any atom is -0.480 e. The maximum atomic E-state index is 12.6. The van der Waals surface area contributed by atoms with E-state index >= 15 is 0 Å². The first-order valence-corrected chi connectivity index (χ1v) is 6.98. The highest BCUT2D eigenvalue weighted by molar-refractivity contribution is 7.12. The van der Waals surface area contributed by atoms with Crippen molar-refractivity contribution in [3.05, 3.63) is 22.7 Å². The zero-order chi connectivity index (χ0) is 15.0. The molecule has 0 spiro atoms. The Morgan fingerprint density at radius 1 is 1.43 bits per heavy atom. The zero-order valence-corrected chi connectivity index (χ0v) is 11.5. The number of aliphatic hydroxyl groups is 1. The van der Waals surface area contributed by atoms with Crippen LogP contribution in [0.1, 0.15) is 16.1 Å². The van der Waals surface area contributed by atoms with Gasteiger partial charge in [-0.3, -0.25) is 4.79 Å². The summed E-state index contributed by atoms with van der Waals surface area (Å²) in [5.74, 6) is -1.57. The van der Waals surface area contributed by atoms with Gasteiger partial charge in [0.2, 0.25) is 0 Å². The number of hydrogen-bond donors (Lipinski definition) is 2. The van der Waals surface area contributed by atoms with Crippen molar-refractivity contribution in [3.63, 3.8) is 0 Å². The van der Waals surface area contributed by atoms with Gasteiger partial charge in [-0.05, 0) is 21.9 Å². The molecule has 0 saturated carbocycles. The van der Waals surface area contributed by atoms with Gasteiger partial charge in [-0.1, -0.05) is 0 Å². The quantitative estimate of drug-likeness (QED) is 0.775. The normalized spacial score (nSPS) is 21.7. The number of tetrazole rings is 1. The number of nitrogens with zero attached hydrogens (tertiary/aromatic N) is 5. The van der Waals surface area contributed by atoms with Crippen molar-refractivity contribution in [1.82, 2.24) is 25.1 Å². The summed E-state index contributed by atoms with van der Waals surface area (Å²) in [6.45, 7) is 0.00273. The van der Waals surface area contributed by atoms with Crippen LogP contribution in [-0.4, -0.2) is 65.9 Å². The molecule has 1 aliphatic rings. The lowest BCUT2D eigenvalue weighted by atomic mass is 10.2. The standard InChI is InChI=1S/C11H11N5O4S/c17-6-3-8(11(19)20)15(4-6)10(18)9-7(1-2-21-9)16-5-12-13-14-16/h1-2,5-6,8,17H,3-4H2,(H,19,20). The van der Waals surface area contributed by atoms with E-state index in [0.717, 1.165) is 0 Å². The van der Waals surface area contributed by atoms with E-state index in [2.05, 4.69) is 15.5 Å². The van der Waals surface area contributed by atoms with Crippen molar-refractivity contribution >= 4 is 23.2 Å². The second-order valence-electron chi connectivity index (χ2n) is 4.59. The Hall–Kier alpha value is -2.33. The van der Waals surface area contributed by atoms with Gasteiger partial charge in [-0.25, -0.2) is 4.79 Å². The van der Waals surface area contributed by atoms with Crippen molar-refractivity contribution in [2.75, 3.05) is 6.54 Å². The Morgan fingerprint density at radius 2 is 2.24 bits per heavy atom. The fourth-order valence-electron chi connectivity index (χ4n) is 2.32. The molecular weight excluding hydrogens is 298 g/mol. The Balaban J connectivity index is 1.93. The van der Waals surface area contributed by atoms with E-state index < -0.39 is 24.0 Å². The molecule has 2 aromatic rings. The number of aliphatic hydroxyl groups excluding tert-OH is 1.